The lowest BCUT2D eigenvalue weighted by atomic mass is 10.0. The number of hydrogen-bond acceptors (Lipinski definition) is 5. The zero-order chi connectivity index (χ0) is 21.6. The fourth-order valence-electron chi connectivity index (χ4n) is 3.25. The standard InChI is InChI=1S/C24H23N5OS/c1-17(18-12-14-20(15-13-18)19-8-4-2-5-9-19)26-22(30)16-31-24-28-27-23(29(24)25)21-10-6-3-7-11-21/h2-15,17H,16,25H2,1H3,(H,26,30)/t17-/m1/s1. The fourth-order valence-corrected chi connectivity index (χ4v) is 3.92. The molecular weight excluding hydrogens is 406 g/mol. The Morgan fingerprint density at radius 3 is 2.13 bits per heavy atom. The molecule has 4 aromatic rings. The van der Waals surface area contributed by atoms with Crippen molar-refractivity contribution < 1.29 is 4.79 Å². The van der Waals surface area contributed by atoms with E-state index in [1.54, 1.807) is 0 Å². The number of benzene rings is 3. The Hall–Kier alpha value is -3.58. The zero-order valence-electron chi connectivity index (χ0n) is 17.1. The van der Waals surface area contributed by atoms with E-state index in [-0.39, 0.29) is 17.7 Å². The summed E-state index contributed by atoms with van der Waals surface area (Å²) in [6, 6.07) is 27.9. The fraction of sp³-hybridized carbons (Fsp3) is 0.125. The van der Waals surface area contributed by atoms with Crippen molar-refractivity contribution in [2.75, 3.05) is 11.6 Å². The predicted molar refractivity (Wildman–Crippen MR) is 125 cm³/mol. The molecule has 0 aliphatic heterocycles. The minimum absolute atomic E-state index is 0.0890. The Labute approximate surface area is 185 Å². The van der Waals surface area contributed by atoms with E-state index in [0.29, 0.717) is 11.0 Å². The summed E-state index contributed by atoms with van der Waals surface area (Å²) in [5.41, 5.74) is 4.24. The highest BCUT2D eigenvalue weighted by molar-refractivity contribution is 7.99. The van der Waals surface area contributed by atoms with Crippen LogP contribution in [-0.4, -0.2) is 26.5 Å². The van der Waals surface area contributed by atoms with Crippen LogP contribution in [0, 0.1) is 0 Å². The topological polar surface area (TPSA) is 85.8 Å². The summed E-state index contributed by atoms with van der Waals surface area (Å²) in [4.78, 5) is 12.4. The molecule has 7 heteroatoms. The summed E-state index contributed by atoms with van der Waals surface area (Å²) in [6.07, 6.45) is 0. The second-order valence-electron chi connectivity index (χ2n) is 7.11. The lowest BCUT2D eigenvalue weighted by molar-refractivity contribution is -0.119. The average Bonchev–Trinajstić information content (AvgIpc) is 3.19. The second-order valence-corrected chi connectivity index (χ2v) is 8.05. The number of carbonyl (C=O) groups is 1. The zero-order valence-corrected chi connectivity index (χ0v) is 17.9. The lowest BCUT2D eigenvalue weighted by Crippen LogP contribution is -2.28. The number of nitrogens with zero attached hydrogens (tertiary/aromatic N) is 3. The summed E-state index contributed by atoms with van der Waals surface area (Å²) >= 11 is 1.26. The van der Waals surface area contributed by atoms with Crippen LogP contribution >= 0.6 is 11.8 Å². The molecule has 0 aliphatic carbocycles. The molecular formula is C24H23N5OS. The molecule has 31 heavy (non-hydrogen) atoms. The van der Waals surface area contributed by atoms with Crippen LogP contribution in [0.25, 0.3) is 22.5 Å². The molecule has 0 saturated carbocycles. The maximum absolute atomic E-state index is 12.4. The van der Waals surface area contributed by atoms with Gasteiger partial charge in [-0.1, -0.05) is 96.7 Å². The first kappa shape index (κ1) is 20.7. The van der Waals surface area contributed by atoms with Crippen molar-refractivity contribution >= 4 is 17.7 Å². The van der Waals surface area contributed by atoms with Gasteiger partial charge >= 0.3 is 0 Å². The number of nitrogens with one attached hydrogen (secondary N) is 1. The normalized spacial score (nSPS) is 11.8. The Morgan fingerprint density at radius 1 is 0.903 bits per heavy atom. The summed E-state index contributed by atoms with van der Waals surface area (Å²) in [5.74, 6) is 6.80. The van der Waals surface area contributed by atoms with Gasteiger partial charge in [-0.05, 0) is 23.6 Å². The molecule has 0 radical (unpaired) electrons. The Morgan fingerprint density at radius 2 is 1.48 bits per heavy atom. The summed E-state index contributed by atoms with van der Waals surface area (Å²) in [5, 5.41) is 11.8. The number of aromatic nitrogens is 3. The van der Waals surface area contributed by atoms with Gasteiger partial charge in [0.15, 0.2) is 5.82 Å². The minimum Gasteiger partial charge on any atom is -0.349 e. The van der Waals surface area contributed by atoms with Crippen molar-refractivity contribution in [2.45, 2.75) is 18.1 Å². The number of carbonyl (C=O) groups excluding carboxylic acids is 1. The van der Waals surface area contributed by atoms with E-state index in [9.17, 15) is 4.79 Å². The molecule has 156 valence electrons. The number of thioether (sulfide) groups is 1. The first-order valence-electron chi connectivity index (χ1n) is 9.95. The highest BCUT2D eigenvalue weighted by atomic mass is 32.2. The first-order chi connectivity index (χ1) is 15.1. The number of rotatable bonds is 7. The van der Waals surface area contributed by atoms with E-state index in [2.05, 4.69) is 39.8 Å². The van der Waals surface area contributed by atoms with Gasteiger partial charge in [0.1, 0.15) is 0 Å². The van der Waals surface area contributed by atoms with Gasteiger partial charge in [0.05, 0.1) is 11.8 Å². The molecule has 1 atom stereocenters. The van der Waals surface area contributed by atoms with Gasteiger partial charge < -0.3 is 11.2 Å². The van der Waals surface area contributed by atoms with E-state index >= 15 is 0 Å². The van der Waals surface area contributed by atoms with Crippen molar-refractivity contribution in [2.24, 2.45) is 0 Å². The monoisotopic (exact) mass is 429 g/mol. The molecule has 0 saturated heterocycles. The third-order valence-electron chi connectivity index (χ3n) is 4.92. The largest absolute Gasteiger partial charge is 0.349 e. The van der Waals surface area contributed by atoms with Crippen LogP contribution in [0.5, 0.6) is 0 Å². The van der Waals surface area contributed by atoms with E-state index < -0.39 is 0 Å². The van der Waals surface area contributed by atoms with Crippen molar-refractivity contribution in [1.82, 2.24) is 20.2 Å². The molecule has 6 nitrogen and oxygen atoms in total. The first-order valence-corrected chi connectivity index (χ1v) is 10.9. The molecule has 1 amide bonds. The Balaban J connectivity index is 1.33. The second kappa shape index (κ2) is 9.49. The van der Waals surface area contributed by atoms with Crippen LogP contribution in [-0.2, 0) is 4.79 Å². The van der Waals surface area contributed by atoms with Crippen molar-refractivity contribution in [3.63, 3.8) is 0 Å². The third-order valence-corrected chi connectivity index (χ3v) is 5.87. The van der Waals surface area contributed by atoms with Crippen LogP contribution in [0.15, 0.2) is 90.1 Å². The summed E-state index contributed by atoms with van der Waals surface area (Å²) in [7, 11) is 0. The highest BCUT2D eigenvalue weighted by Gasteiger charge is 2.15. The Bertz CT molecular complexity index is 1140. The van der Waals surface area contributed by atoms with Crippen molar-refractivity contribution in [1.29, 1.82) is 0 Å². The SMILES string of the molecule is C[C@@H](NC(=O)CSc1nnc(-c2ccccc2)n1N)c1ccc(-c2ccccc2)cc1. The van der Waals surface area contributed by atoms with Gasteiger partial charge in [-0.25, -0.2) is 4.68 Å². The lowest BCUT2D eigenvalue weighted by Gasteiger charge is -2.15. The van der Waals surface area contributed by atoms with Crippen molar-refractivity contribution in [3.8, 4) is 22.5 Å². The molecule has 0 unspecified atom stereocenters. The van der Waals surface area contributed by atoms with Gasteiger partial charge in [0.2, 0.25) is 11.1 Å². The molecule has 4 rings (SSSR count). The molecule has 3 N–H and O–H groups in total. The molecule has 1 heterocycles. The van der Waals surface area contributed by atoms with Gasteiger partial charge in [0.25, 0.3) is 0 Å². The minimum atomic E-state index is -0.103. The molecule has 0 aliphatic rings. The number of nitrogen functional groups attached to an aromatic ring is 1. The smallest absolute Gasteiger partial charge is 0.230 e. The predicted octanol–water partition coefficient (Wildman–Crippen LogP) is 4.30. The summed E-state index contributed by atoms with van der Waals surface area (Å²) < 4.78 is 1.42. The van der Waals surface area contributed by atoms with Gasteiger partial charge in [-0.3, -0.25) is 4.79 Å². The molecule has 0 bridgehead atoms. The molecule has 0 fully saturated rings. The van der Waals surface area contributed by atoms with Crippen LogP contribution < -0.4 is 11.2 Å². The third kappa shape index (κ3) is 4.95. The average molecular weight is 430 g/mol. The number of amides is 1. The van der Waals surface area contributed by atoms with Gasteiger partial charge in [0, 0.05) is 5.56 Å². The van der Waals surface area contributed by atoms with Crippen LogP contribution in [0.1, 0.15) is 18.5 Å². The Kier molecular flexibility index (Phi) is 6.33. The van der Waals surface area contributed by atoms with Gasteiger partial charge in [-0.2, -0.15) is 0 Å². The van der Waals surface area contributed by atoms with Gasteiger partial charge in [-0.15, -0.1) is 10.2 Å². The van der Waals surface area contributed by atoms with E-state index in [1.807, 2.05) is 67.6 Å². The molecule has 0 spiro atoms. The summed E-state index contributed by atoms with van der Waals surface area (Å²) in [6.45, 7) is 1.97. The van der Waals surface area contributed by atoms with Crippen LogP contribution in [0.2, 0.25) is 0 Å². The number of hydrogen-bond donors (Lipinski definition) is 2. The van der Waals surface area contributed by atoms with E-state index in [1.165, 1.54) is 22.0 Å². The maximum Gasteiger partial charge on any atom is 0.230 e. The highest BCUT2D eigenvalue weighted by Crippen LogP contribution is 2.23. The van der Waals surface area contributed by atoms with Crippen LogP contribution in [0.4, 0.5) is 0 Å². The number of nitrogens with two attached hydrogens (primary N) is 1. The van der Waals surface area contributed by atoms with Crippen LogP contribution in [0.3, 0.4) is 0 Å². The quantitative estimate of drug-likeness (QED) is 0.338. The van der Waals surface area contributed by atoms with E-state index in [4.69, 9.17) is 5.84 Å². The molecule has 3 aromatic carbocycles. The maximum atomic E-state index is 12.4. The van der Waals surface area contributed by atoms with Crippen molar-refractivity contribution in [3.05, 3.63) is 90.5 Å². The molecule has 1 aromatic heterocycles. The van der Waals surface area contributed by atoms with E-state index in [0.717, 1.165) is 16.7 Å².